The van der Waals surface area contributed by atoms with Crippen molar-refractivity contribution in [2.45, 2.75) is 18.1 Å². The van der Waals surface area contributed by atoms with Gasteiger partial charge in [0.15, 0.2) is 9.84 Å². The minimum Gasteiger partial charge on any atom is -0.224 e. The molecule has 0 fully saturated rings. The monoisotopic (exact) mass is 243 g/mol. The molecule has 0 N–H and O–H groups in total. The number of alkyl halides is 1. The van der Waals surface area contributed by atoms with Gasteiger partial charge in [0.25, 0.3) is 0 Å². The molecular formula is C10H10FNO3S. The molecule has 16 heavy (non-hydrogen) atoms. The Morgan fingerprint density at radius 3 is 2.75 bits per heavy atom. The zero-order chi connectivity index (χ0) is 12.2. The van der Waals surface area contributed by atoms with Crippen LogP contribution in [0.2, 0.25) is 0 Å². The van der Waals surface area contributed by atoms with Crippen LogP contribution in [-0.4, -0.2) is 20.3 Å². The Hall–Kier alpha value is -1.52. The average Bonchev–Trinajstić information content (AvgIpc) is 2.29. The van der Waals surface area contributed by atoms with Gasteiger partial charge in [-0.25, -0.2) is 17.6 Å². The maximum Gasteiger partial charge on any atom is 0.238 e. The summed E-state index contributed by atoms with van der Waals surface area (Å²) >= 11 is 0. The summed E-state index contributed by atoms with van der Waals surface area (Å²) in [5.74, 6) is -0.0651. The van der Waals surface area contributed by atoms with Crippen LogP contribution < -0.4 is 0 Å². The second-order valence-corrected chi connectivity index (χ2v) is 5.31. The molecule has 0 heterocycles. The zero-order valence-electron chi connectivity index (χ0n) is 8.55. The zero-order valence-corrected chi connectivity index (χ0v) is 9.37. The SMILES string of the molecule is CCS(=O)(=O)c1cccc(C(F)N=C=O)c1. The van der Waals surface area contributed by atoms with Crippen molar-refractivity contribution in [1.29, 1.82) is 0 Å². The second kappa shape index (κ2) is 5.01. The van der Waals surface area contributed by atoms with Gasteiger partial charge in [-0.2, -0.15) is 4.99 Å². The van der Waals surface area contributed by atoms with Crippen LogP contribution in [0.3, 0.4) is 0 Å². The van der Waals surface area contributed by atoms with E-state index in [2.05, 4.69) is 4.99 Å². The number of carbonyl (C=O) groups excluding carboxylic acids is 1. The number of sulfone groups is 1. The van der Waals surface area contributed by atoms with E-state index in [0.717, 1.165) is 6.08 Å². The lowest BCUT2D eigenvalue weighted by Crippen LogP contribution is -2.04. The van der Waals surface area contributed by atoms with Gasteiger partial charge in [0.05, 0.1) is 10.6 Å². The Bertz CT molecular complexity index is 521. The predicted octanol–water partition coefficient (Wildman–Crippen LogP) is 1.78. The van der Waals surface area contributed by atoms with Crippen molar-refractivity contribution in [2.75, 3.05) is 5.75 Å². The molecule has 4 nitrogen and oxygen atoms in total. The van der Waals surface area contributed by atoms with E-state index in [0.29, 0.717) is 0 Å². The summed E-state index contributed by atoms with van der Waals surface area (Å²) in [6.07, 6.45) is -0.782. The number of benzene rings is 1. The molecule has 1 atom stereocenters. The normalized spacial score (nSPS) is 12.9. The van der Waals surface area contributed by atoms with Crippen LogP contribution in [0, 0.1) is 0 Å². The van der Waals surface area contributed by atoms with Gasteiger partial charge in [-0.05, 0) is 12.1 Å². The first-order chi connectivity index (χ1) is 7.51. The molecule has 0 saturated heterocycles. The van der Waals surface area contributed by atoms with Crippen LogP contribution in [0.4, 0.5) is 4.39 Å². The molecule has 86 valence electrons. The molecule has 1 aromatic rings. The molecule has 1 aromatic carbocycles. The van der Waals surface area contributed by atoms with Gasteiger partial charge in [0, 0.05) is 5.56 Å². The van der Waals surface area contributed by atoms with Crippen molar-refractivity contribution >= 4 is 15.9 Å². The molecular weight excluding hydrogens is 233 g/mol. The molecule has 0 saturated carbocycles. The molecule has 0 aliphatic rings. The van der Waals surface area contributed by atoms with E-state index in [9.17, 15) is 17.6 Å². The highest BCUT2D eigenvalue weighted by atomic mass is 32.2. The van der Waals surface area contributed by atoms with Crippen LogP contribution in [0.5, 0.6) is 0 Å². The van der Waals surface area contributed by atoms with Gasteiger partial charge in [0.2, 0.25) is 12.4 Å². The predicted molar refractivity (Wildman–Crippen MR) is 56.1 cm³/mol. The van der Waals surface area contributed by atoms with E-state index in [4.69, 9.17) is 0 Å². The smallest absolute Gasteiger partial charge is 0.224 e. The molecule has 0 aromatic heterocycles. The summed E-state index contributed by atoms with van der Waals surface area (Å²) < 4.78 is 36.2. The Balaban J connectivity index is 3.19. The summed E-state index contributed by atoms with van der Waals surface area (Å²) in [5.41, 5.74) is 0.0258. The first-order valence-electron chi connectivity index (χ1n) is 4.55. The molecule has 0 radical (unpaired) electrons. The molecule has 1 unspecified atom stereocenters. The highest BCUT2D eigenvalue weighted by molar-refractivity contribution is 7.91. The molecule has 0 bridgehead atoms. The highest BCUT2D eigenvalue weighted by Crippen LogP contribution is 2.21. The largest absolute Gasteiger partial charge is 0.238 e. The van der Waals surface area contributed by atoms with Crippen molar-refractivity contribution < 1.29 is 17.6 Å². The van der Waals surface area contributed by atoms with Crippen LogP contribution in [0.1, 0.15) is 18.8 Å². The number of aliphatic imine (C=N–C) groups is 1. The van der Waals surface area contributed by atoms with Crippen LogP contribution in [0.15, 0.2) is 34.2 Å². The minimum atomic E-state index is -3.38. The third kappa shape index (κ3) is 2.74. The quantitative estimate of drug-likeness (QED) is 0.460. The van der Waals surface area contributed by atoms with Gasteiger partial charge >= 0.3 is 0 Å². The Labute approximate surface area is 92.7 Å². The Kier molecular flexibility index (Phi) is 3.93. The third-order valence-corrected chi connectivity index (χ3v) is 3.77. The van der Waals surface area contributed by atoms with Crippen molar-refractivity contribution in [3.05, 3.63) is 29.8 Å². The maximum atomic E-state index is 13.2. The number of hydrogen-bond acceptors (Lipinski definition) is 4. The lowest BCUT2D eigenvalue weighted by Gasteiger charge is -2.05. The summed E-state index contributed by atoms with van der Waals surface area (Å²) in [7, 11) is -3.38. The first-order valence-corrected chi connectivity index (χ1v) is 6.20. The van der Waals surface area contributed by atoms with Crippen molar-refractivity contribution in [1.82, 2.24) is 0 Å². The van der Waals surface area contributed by atoms with Crippen molar-refractivity contribution in [2.24, 2.45) is 4.99 Å². The molecule has 0 amide bonds. The molecule has 1 rings (SSSR count). The Morgan fingerprint density at radius 2 is 2.19 bits per heavy atom. The maximum absolute atomic E-state index is 13.2. The summed E-state index contributed by atoms with van der Waals surface area (Å²) in [4.78, 5) is 12.8. The van der Waals surface area contributed by atoms with E-state index in [1.807, 2.05) is 0 Å². The first kappa shape index (κ1) is 12.5. The average molecular weight is 243 g/mol. The standard InChI is InChI=1S/C10H10FNO3S/c1-2-16(14,15)9-5-3-4-8(6-9)10(11)12-7-13/h3-6,10H,2H2,1H3. The summed E-state index contributed by atoms with van der Waals surface area (Å²) in [5, 5.41) is 0. The number of nitrogens with zero attached hydrogens (tertiary/aromatic N) is 1. The lowest BCUT2D eigenvalue weighted by atomic mass is 10.2. The van der Waals surface area contributed by atoms with Crippen molar-refractivity contribution in [3.63, 3.8) is 0 Å². The fraction of sp³-hybridized carbons (Fsp3) is 0.300. The van der Waals surface area contributed by atoms with Gasteiger partial charge in [-0.3, -0.25) is 0 Å². The van der Waals surface area contributed by atoms with E-state index in [-0.39, 0.29) is 16.2 Å². The van der Waals surface area contributed by atoms with Gasteiger partial charge < -0.3 is 0 Å². The third-order valence-electron chi connectivity index (χ3n) is 2.04. The van der Waals surface area contributed by atoms with Crippen LogP contribution >= 0.6 is 0 Å². The van der Waals surface area contributed by atoms with E-state index in [1.54, 1.807) is 0 Å². The van der Waals surface area contributed by atoms with E-state index in [1.165, 1.54) is 31.2 Å². The minimum absolute atomic E-state index is 0.0243. The molecule has 0 spiro atoms. The number of isocyanates is 1. The fourth-order valence-electron chi connectivity index (χ4n) is 1.14. The molecule has 6 heteroatoms. The topological polar surface area (TPSA) is 63.6 Å². The van der Waals surface area contributed by atoms with E-state index >= 15 is 0 Å². The van der Waals surface area contributed by atoms with Gasteiger partial charge in [0.1, 0.15) is 0 Å². The number of hydrogen-bond donors (Lipinski definition) is 0. The van der Waals surface area contributed by atoms with Crippen molar-refractivity contribution in [3.8, 4) is 0 Å². The number of rotatable bonds is 4. The lowest BCUT2D eigenvalue weighted by molar-refractivity contribution is 0.356. The molecule has 0 aliphatic carbocycles. The van der Waals surface area contributed by atoms with E-state index < -0.39 is 16.1 Å². The number of halogens is 1. The fourth-order valence-corrected chi connectivity index (χ4v) is 2.08. The summed E-state index contributed by atoms with van der Waals surface area (Å²) in [6.45, 7) is 1.50. The van der Waals surface area contributed by atoms with Crippen LogP contribution in [0.25, 0.3) is 0 Å². The highest BCUT2D eigenvalue weighted by Gasteiger charge is 2.14. The Morgan fingerprint density at radius 1 is 1.50 bits per heavy atom. The second-order valence-electron chi connectivity index (χ2n) is 3.03. The molecule has 0 aliphatic heterocycles. The van der Waals surface area contributed by atoms with Crippen LogP contribution in [-0.2, 0) is 14.6 Å². The summed E-state index contributed by atoms with van der Waals surface area (Å²) in [6, 6.07) is 5.31. The van der Waals surface area contributed by atoms with Gasteiger partial charge in [-0.15, -0.1) is 0 Å². The van der Waals surface area contributed by atoms with Gasteiger partial charge in [-0.1, -0.05) is 19.1 Å².